The Balaban J connectivity index is 1.34. The third-order valence-electron chi connectivity index (χ3n) is 10.7. The summed E-state index contributed by atoms with van der Waals surface area (Å²) in [7, 11) is 3.29. The van der Waals surface area contributed by atoms with E-state index in [1.165, 1.54) is 4.90 Å². The van der Waals surface area contributed by atoms with E-state index in [-0.39, 0.29) is 31.8 Å². The lowest BCUT2D eigenvalue weighted by Gasteiger charge is -2.32. The number of rotatable bonds is 8. The van der Waals surface area contributed by atoms with Crippen LogP contribution in [-0.2, 0) is 29.1 Å². The van der Waals surface area contributed by atoms with Crippen molar-refractivity contribution in [3.63, 3.8) is 0 Å². The highest BCUT2D eigenvalue weighted by molar-refractivity contribution is 7.91. The Morgan fingerprint density at radius 2 is 1.80 bits per heavy atom. The predicted octanol–water partition coefficient (Wildman–Crippen LogP) is 2.54. The van der Waals surface area contributed by atoms with Gasteiger partial charge in [-0.1, -0.05) is 12.8 Å². The molecule has 0 spiro atoms. The molecule has 2 aromatic rings. The summed E-state index contributed by atoms with van der Waals surface area (Å²) in [6.45, 7) is 5.94. The molecule has 2 aliphatic carbocycles. The van der Waals surface area contributed by atoms with Crippen LogP contribution in [0.1, 0.15) is 72.1 Å². The maximum absolute atomic E-state index is 14.7. The van der Waals surface area contributed by atoms with Gasteiger partial charge in [0.25, 0.3) is 5.91 Å². The Labute approximate surface area is 323 Å². The molecule has 0 bridgehead atoms. The monoisotopic (exact) mass is 785 g/mol. The molecule has 5 atom stereocenters. The molecular weight excluding hydrogens is 731 g/mol. The van der Waals surface area contributed by atoms with Crippen LogP contribution in [0.5, 0.6) is 11.6 Å². The minimum atomic E-state index is -3.88. The number of hydrogen-bond donors (Lipinski definition) is 3. The van der Waals surface area contributed by atoms with Gasteiger partial charge in [0.05, 0.1) is 18.9 Å². The van der Waals surface area contributed by atoms with E-state index in [1.54, 1.807) is 33.9 Å². The van der Waals surface area contributed by atoms with Crippen molar-refractivity contribution in [2.24, 2.45) is 5.92 Å². The molecule has 3 heterocycles. The van der Waals surface area contributed by atoms with E-state index in [9.17, 15) is 27.6 Å². The van der Waals surface area contributed by atoms with Crippen LogP contribution in [0.3, 0.4) is 0 Å². The highest BCUT2D eigenvalue weighted by Gasteiger charge is 2.62. The van der Waals surface area contributed by atoms with Crippen LogP contribution < -0.4 is 29.7 Å². The lowest BCUT2D eigenvalue weighted by Crippen LogP contribution is -2.59. The average Bonchev–Trinajstić information content (AvgIpc) is 4.03. The van der Waals surface area contributed by atoms with Crippen molar-refractivity contribution in [2.75, 3.05) is 52.8 Å². The van der Waals surface area contributed by atoms with Gasteiger partial charge in [0.1, 0.15) is 40.9 Å². The number of alkyl carbamates (subject to hydrolysis) is 1. The molecule has 6 rings (SSSR count). The maximum Gasteiger partial charge on any atom is 0.408 e. The van der Waals surface area contributed by atoms with Crippen molar-refractivity contribution < 1.29 is 41.8 Å². The number of fused-ring (bicyclic) bond motifs is 3. The van der Waals surface area contributed by atoms with E-state index in [1.807, 2.05) is 49.1 Å². The Kier molecular flexibility index (Phi) is 11.5. The zero-order valence-corrected chi connectivity index (χ0v) is 33.7. The first-order valence-corrected chi connectivity index (χ1v) is 20.6. The largest absolute Gasteiger partial charge is 0.497 e. The SMILES string of the molecule is COc1ccc2c(OC3C[C@H]4C(=O)N[C@]5(C(=O)NS(=O)(=O)C6CC6)C[C@H]5CCCCCN(C)C[C@H](NC(=O)OC(C)(C)C)C(=O)N4C3)nc(N(C)C)cc2c1. The number of nitrogens with one attached hydrogen (secondary N) is 3. The summed E-state index contributed by atoms with van der Waals surface area (Å²) < 4.78 is 45.6. The molecule has 2 saturated heterocycles. The normalized spacial score (nSPS) is 26.8. The summed E-state index contributed by atoms with van der Waals surface area (Å²) in [4.78, 5) is 66.0. The van der Waals surface area contributed by atoms with Gasteiger partial charge in [-0.05, 0) is 102 Å². The van der Waals surface area contributed by atoms with Gasteiger partial charge in [-0.15, -0.1) is 0 Å². The number of pyridine rings is 1. The number of benzene rings is 1. The van der Waals surface area contributed by atoms with Gasteiger partial charge in [0.15, 0.2) is 0 Å². The van der Waals surface area contributed by atoms with E-state index in [0.717, 1.165) is 24.6 Å². The summed E-state index contributed by atoms with van der Waals surface area (Å²) in [6.07, 6.45) is 2.79. The third-order valence-corrected chi connectivity index (χ3v) is 12.5. The van der Waals surface area contributed by atoms with Crippen LogP contribution in [0.25, 0.3) is 10.8 Å². The summed E-state index contributed by atoms with van der Waals surface area (Å²) >= 11 is 0. The summed E-state index contributed by atoms with van der Waals surface area (Å²) in [6, 6.07) is 5.21. The number of carbonyl (C=O) groups is 4. The number of aromatic nitrogens is 1. The molecule has 2 aliphatic heterocycles. The van der Waals surface area contributed by atoms with Gasteiger partial charge in [-0.3, -0.25) is 19.1 Å². The summed E-state index contributed by atoms with van der Waals surface area (Å²) in [5.74, 6) is -0.573. The Hall–Kier alpha value is -4.38. The molecule has 0 radical (unpaired) electrons. The van der Waals surface area contributed by atoms with Crippen LogP contribution in [-0.4, -0.2) is 129 Å². The molecule has 3 N–H and O–H groups in total. The van der Waals surface area contributed by atoms with Crippen LogP contribution in [0.15, 0.2) is 24.3 Å². The minimum Gasteiger partial charge on any atom is -0.497 e. The smallest absolute Gasteiger partial charge is 0.408 e. The lowest BCUT2D eigenvalue weighted by molar-refractivity contribution is -0.141. The number of sulfonamides is 1. The molecule has 2 saturated carbocycles. The second kappa shape index (κ2) is 15.6. The number of likely N-dealkylation sites (N-methyl/N-ethyl adjacent to an activating group) is 1. The number of methoxy groups -OCH3 is 1. The van der Waals surface area contributed by atoms with E-state index in [4.69, 9.17) is 19.2 Å². The van der Waals surface area contributed by atoms with Crippen molar-refractivity contribution in [3.05, 3.63) is 24.3 Å². The number of amides is 4. The number of anilines is 1. The molecule has 16 nitrogen and oxygen atoms in total. The van der Waals surface area contributed by atoms with Gasteiger partial charge >= 0.3 is 6.09 Å². The van der Waals surface area contributed by atoms with Crippen molar-refractivity contribution in [1.29, 1.82) is 0 Å². The molecule has 4 fully saturated rings. The first-order valence-electron chi connectivity index (χ1n) is 19.1. The first-order chi connectivity index (χ1) is 25.9. The van der Waals surface area contributed by atoms with Gasteiger partial charge in [0, 0.05) is 32.4 Å². The highest BCUT2D eigenvalue weighted by Crippen LogP contribution is 2.48. The fraction of sp³-hybridized carbons (Fsp3) is 0.658. The van der Waals surface area contributed by atoms with Crippen molar-refractivity contribution >= 4 is 50.4 Å². The zero-order chi connectivity index (χ0) is 39.9. The van der Waals surface area contributed by atoms with E-state index < -0.39 is 68.4 Å². The van der Waals surface area contributed by atoms with Crippen LogP contribution in [0.2, 0.25) is 0 Å². The van der Waals surface area contributed by atoms with E-state index >= 15 is 0 Å². The molecule has 55 heavy (non-hydrogen) atoms. The van der Waals surface area contributed by atoms with Gasteiger partial charge < -0.3 is 39.5 Å². The van der Waals surface area contributed by atoms with Crippen molar-refractivity contribution in [2.45, 2.75) is 107 Å². The molecule has 302 valence electrons. The fourth-order valence-corrected chi connectivity index (χ4v) is 8.87. The minimum absolute atomic E-state index is 0.0304. The molecule has 1 unspecified atom stereocenters. The zero-order valence-electron chi connectivity index (χ0n) is 32.8. The van der Waals surface area contributed by atoms with E-state index in [0.29, 0.717) is 48.6 Å². The van der Waals surface area contributed by atoms with Crippen molar-refractivity contribution in [3.8, 4) is 11.6 Å². The van der Waals surface area contributed by atoms with Gasteiger partial charge in [-0.2, -0.15) is 4.98 Å². The Bertz CT molecular complexity index is 1920. The van der Waals surface area contributed by atoms with Crippen molar-refractivity contribution in [1.82, 2.24) is 30.1 Å². The number of ether oxygens (including phenoxy) is 3. The van der Waals surface area contributed by atoms with Crippen LogP contribution in [0, 0.1) is 5.92 Å². The maximum atomic E-state index is 14.7. The highest BCUT2D eigenvalue weighted by atomic mass is 32.2. The topological polar surface area (TPSA) is 189 Å². The fourth-order valence-electron chi connectivity index (χ4n) is 7.51. The molecule has 1 aromatic carbocycles. The average molecular weight is 786 g/mol. The lowest BCUT2D eigenvalue weighted by atomic mass is 10.1. The standard InChI is InChI=1S/C38H55N7O9S/c1-37(2,3)54-36(49)39-29-22-44(6)16-10-8-9-11-24-20-38(24,35(48)42-55(50,51)27-13-14-27)41-32(46)30-19-26(21-45(30)34(29)47)53-33-28-15-12-25(52-7)17-23(28)18-31(40-33)43(4)5/h12,15,17-18,24,26-27,29-30H,8-11,13-14,16,19-22H2,1-7H3,(H,39,49)(H,41,46)(H,42,48)/t24-,26?,29+,30+,38-/m1/s1. The summed E-state index contributed by atoms with van der Waals surface area (Å²) in [5.41, 5.74) is -2.26. The third kappa shape index (κ3) is 9.36. The molecular formula is C38H55N7O9S. The Morgan fingerprint density at radius 3 is 2.47 bits per heavy atom. The Morgan fingerprint density at radius 1 is 1.05 bits per heavy atom. The number of nitrogens with zero attached hydrogens (tertiary/aromatic N) is 4. The van der Waals surface area contributed by atoms with E-state index in [2.05, 4.69) is 15.4 Å². The second-order valence-corrected chi connectivity index (χ2v) is 18.6. The van der Waals surface area contributed by atoms with Crippen LogP contribution in [0.4, 0.5) is 10.6 Å². The first kappa shape index (κ1) is 40.3. The predicted molar refractivity (Wildman–Crippen MR) is 205 cm³/mol. The van der Waals surface area contributed by atoms with Gasteiger partial charge in [0.2, 0.25) is 27.7 Å². The molecule has 1 aromatic heterocycles. The van der Waals surface area contributed by atoms with Gasteiger partial charge in [-0.25, -0.2) is 13.2 Å². The summed E-state index contributed by atoms with van der Waals surface area (Å²) in [5, 5.41) is 6.58. The number of hydrogen-bond acceptors (Lipinski definition) is 12. The second-order valence-electron chi connectivity index (χ2n) is 16.6. The van der Waals surface area contributed by atoms with Crippen LogP contribution >= 0.6 is 0 Å². The molecule has 4 aliphatic rings. The molecule has 4 amide bonds. The molecule has 17 heteroatoms. The quantitative estimate of drug-likeness (QED) is 0.356. The number of carbonyl (C=O) groups excluding carboxylic acids is 4.